The van der Waals surface area contributed by atoms with Crippen molar-refractivity contribution in [3.05, 3.63) is 29.3 Å². The second kappa shape index (κ2) is 4.56. The number of hydrogen-bond donors (Lipinski definition) is 3. The van der Waals surface area contributed by atoms with Crippen molar-refractivity contribution in [2.45, 2.75) is 0 Å². The fraction of sp³-hybridized carbons (Fsp3) is 0.200. The Kier molecular flexibility index (Phi) is 3.41. The Hall–Kier alpha value is -1.88. The quantitative estimate of drug-likeness (QED) is 0.491. The summed E-state index contributed by atoms with van der Waals surface area (Å²) in [6.45, 7) is 0.0640. The summed E-state index contributed by atoms with van der Waals surface area (Å²) in [6.07, 6.45) is 0. The summed E-state index contributed by atoms with van der Waals surface area (Å²) in [7, 11) is 1.61. The first-order valence-corrected chi connectivity index (χ1v) is 4.37. The van der Waals surface area contributed by atoms with Gasteiger partial charge in [0.1, 0.15) is 0 Å². The van der Waals surface area contributed by atoms with Crippen molar-refractivity contribution in [2.24, 2.45) is 0 Å². The lowest BCUT2D eigenvalue weighted by molar-refractivity contribution is 0.0692. The van der Waals surface area contributed by atoms with Gasteiger partial charge in [0.15, 0.2) is 5.78 Å². The molecule has 0 unspecified atom stereocenters. The van der Waals surface area contributed by atoms with Crippen LogP contribution in [0.1, 0.15) is 20.7 Å². The summed E-state index contributed by atoms with van der Waals surface area (Å²) in [5.41, 5.74) is 5.78. The van der Waals surface area contributed by atoms with E-state index in [9.17, 15) is 9.59 Å². The number of nitrogens with one attached hydrogen (secondary N) is 1. The van der Waals surface area contributed by atoms with E-state index in [2.05, 4.69) is 5.32 Å². The van der Waals surface area contributed by atoms with Crippen LogP contribution in [0, 0.1) is 0 Å². The molecule has 0 saturated carbocycles. The predicted octanol–water partition coefficient (Wildman–Crippen LogP) is 0.369. The maximum absolute atomic E-state index is 11.6. The van der Waals surface area contributed by atoms with Crippen LogP contribution in [-0.4, -0.2) is 30.5 Å². The number of carboxylic acid groups (broad SMARTS) is 1. The van der Waals surface area contributed by atoms with E-state index < -0.39 is 5.97 Å². The highest BCUT2D eigenvalue weighted by atomic mass is 16.4. The number of benzene rings is 1. The van der Waals surface area contributed by atoms with E-state index in [0.717, 1.165) is 0 Å². The van der Waals surface area contributed by atoms with Gasteiger partial charge < -0.3 is 16.2 Å². The van der Waals surface area contributed by atoms with Crippen molar-refractivity contribution < 1.29 is 14.7 Å². The van der Waals surface area contributed by atoms with Crippen molar-refractivity contribution in [2.75, 3.05) is 19.3 Å². The lowest BCUT2D eigenvalue weighted by Crippen LogP contribution is -2.22. The Bertz CT molecular complexity index is 402. The standard InChI is InChI=1S/C10H12N2O3/c1-12-5-8(13)9-6(10(14)15)3-2-4-7(9)11/h2-4,12H,5,11H2,1H3,(H,14,15). The molecule has 0 atom stereocenters. The van der Waals surface area contributed by atoms with Crippen LogP contribution in [0.4, 0.5) is 5.69 Å². The Labute approximate surface area is 86.9 Å². The summed E-state index contributed by atoms with van der Waals surface area (Å²) in [5, 5.41) is 11.5. The Morgan fingerprint density at radius 1 is 1.47 bits per heavy atom. The molecular formula is C10H12N2O3. The number of carbonyl (C=O) groups excluding carboxylic acids is 1. The summed E-state index contributed by atoms with van der Waals surface area (Å²) in [5.74, 6) is -1.48. The molecular weight excluding hydrogens is 196 g/mol. The Balaban J connectivity index is 3.24. The number of carbonyl (C=O) groups is 2. The van der Waals surface area contributed by atoms with Crippen molar-refractivity contribution >= 4 is 17.4 Å². The highest BCUT2D eigenvalue weighted by molar-refractivity contribution is 6.10. The summed E-state index contributed by atoms with van der Waals surface area (Å²) < 4.78 is 0. The molecule has 0 fully saturated rings. The number of nitrogen functional groups attached to an aromatic ring is 1. The monoisotopic (exact) mass is 208 g/mol. The van der Waals surface area contributed by atoms with Crippen molar-refractivity contribution in [3.63, 3.8) is 0 Å². The number of aromatic carboxylic acids is 1. The molecule has 0 aliphatic rings. The van der Waals surface area contributed by atoms with E-state index in [-0.39, 0.29) is 29.1 Å². The summed E-state index contributed by atoms with van der Waals surface area (Å²) in [6, 6.07) is 4.38. The van der Waals surface area contributed by atoms with Crippen molar-refractivity contribution in [3.8, 4) is 0 Å². The van der Waals surface area contributed by atoms with Gasteiger partial charge in [-0.25, -0.2) is 4.79 Å². The van der Waals surface area contributed by atoms with Crippen LogP contribution in [0.25, 0.3) is 0 Å². The van der Waals surface area contributed by atoms with Gasteiger partial charge in [-0.2, -0.15) is 0 Å². The molecule has 1 aromatic rings. The van der Waals surface area contributed by atoms with Crippen LogP contribution in [0.5, 0.6) is 0 Å². The molecule has 0 saturated heterocycles. The fourth-order valence-corrected chi connectivity index (χ4v) is 1.31. The first-order chi connectivity index (χ1) is 7.07. The number of anilines is 1. The Morgan fingerprint density at radius 2 is 2.13 bits per heavy atom. The zero-order chi connectivity index (χ0) is 11.4. The Morgan fingerprint density at radius 3 is 2.67 bits per heavy atom. The summed E-state index contributed by atoms with van der Waals surface area (Å²) in [4.78, 5) is 22.4. The molecule has 0 heterocycles. The average Bonchev–Trinajstić information content (AvgIpc) is 2.17. The SMILES string of the molecule is CNCC(=O)c1c(N)cccc1C(=O)O. The van der Waals surface area contributed by atoms with Crippen LogP contribution in [0.15, 0.2) is 18.2 Å². The number of hydrogen-bond acceptors (Lipinski definition) is 4. The number of nitrogens with two attached hydrogens (primary N) is 1. The highest BCUT2D eigenvalue weighted by Gasteiger charge is 2.18. The molecule has 0 bridgehead atoms. The minimum absolute atomic E-state index is 0.0600. The third-order valence-corrected chi connectivity index (χ3v) is 1.94. The zero-order valence-electron chi connectivity index (χ0n) is 8.28. The van der Waals surface area contributed by atoms with Crippen molar-refractivity contribution in [1.82, 2.24) is 5.32 Å². The van der Waals surface area contributed by atoms with Gasteiger partial charge in [0, 0.05) is 5.69 Å². The van der Waals surface area contributed by atoms with Gasteiger partial charge in [-0.3, -0.25) is 4.79 Å². The first kappa shape index (κ1) is 11.2. The number of ketones is 1. The normalized spacial score (nSPS) is 9.93. The molecule has 0 amide bonds. The van der Waals surface area contributed by atoms with Gasteiger partial charge >= 0.3 is 5.97 Å². The van der Waals surface area contributed by atoms with E-state index in [0.29, 0.717) is 0 Å². The third kappa shape index (κ3) is 2.32. The van der Waals surface area contributed by atoms with Gasteiger partial charge in [0.2, 0.25) is 0 Å². The van der Waals surface area contributed by atoms with E-state index in [1.807, 2.05) is 0 Å². The number of Topliss-reactive ketones (excluding diaryl/α,β-unsaturated/α-hetero) is 1. The number of rotatable bonds is 4. The molecule has 1 rings (SSSR count). The minimum atomic E-state index is -1.15. The van der Waals surface area contributed by atoms with Gasteiger partial charge in [0.25, 0.3) is 0 Å². The minimum Gasteiger partial charge on any atom is -0.478 e. The molecule has 15 heavy (non-hydrogen) atoms. The topological polar surface area (TPSA) is 92.4 Å². The van der Waals surface area contributed by atoms with Gasteiger partial charge in [-0.05, 0) is 19.2 Å². The van der Waals surface area contributed by atoms with Crippen LogP contribution in [0.3, 0.4) is 0 Å². The first-order valence-electron chi connectivity index (χ1n) is 4.37. The molecule has 0 aliphatic carbocycles. The predicted molar refractivity (Wildman–Crippen MR) is 56.1 cm³/mol. The van der Waals surface area contributed by atoms with Crippen molar-refractivity contribution in [1.29, 1.82) is 0 Å². The molecule has 5 heteroatoms. The largest absolute Gasteiger partial charge is 0.478 e. The molecule has 0 aliphatic heterocycles. The van der Waals surface area contributed by atoms with Crippen LogP contribution in [0.2, 0.25) is 0 Å². The van der Waals surface area contributed by atoms with E-state index in [4.69, 9.17) is 10.8 Å². The maximum Gasteiger partial charge on any atom is 0.336 e. The molecule has 4 N–H and O–H groups in total. The number of likely N-dealkylation sites (N-methyl/N-ethyl adjacent to an activating group) is 1. The van der Waals surface area contributed by atoms with Crippen LogP contribution in [-0.2, 0) is 0 Å². The van der Waals surface area contributed by atoms with Gasteiger partial charge in [-0.1, -0.05) is 6.07 Å². The van der Waals surface area contributed by atoms with E-state index in [1.54, 1.807) is 7.05 Å². The molecule has 80 valence electrons. The second-order valence-corrected chi connectivity index (χ2v) is 3.03. The molecule has 0 aromatic heterocycles. The van der Waals surface area contributed by atoms with Crippen LogP contribution >= 0.6 is 0 Å². The average molecular weight is 208 g/mol. The highest BCUT2D eigenvalue weighted by Crippen LogP contribution is 2.17. The van der Waals surface area contributed by atoms with Crippen LogP contribution < -0.4 is 11.1 Å². The number of carboxylic acids is 1. The molecule has 0 spiro atoms. The van der Waals surface area contributed by atoms with Gasteiger partial charge in [-0.15, -0.1) is 0 Å². The van der Waals surface area contributed by atoms with E-state index in [1.165, 1.54) is 18.2 Å². The molecule has 1 aromatic carbocycles. The molecule has 0 radical (unpaired) electrons. The summed E-state index contributed by atoms with van der Waals surface area (Å²) >= 11 is 0. The fourth-order valence-electron chi connectivity index (χ4n) is 1.31. The molecule has 5 nitrogen and oxygen atoms in total. The lowest BCUT2D eigenvalue weighted by Gasteiger charge is -2.07. The maximum atomic E-state index is 11.6. The van der Waals surface area contributed by atoms with E-state index >= 15 is 0 Å². The van der Waals surface area contributed by atoms with Gasteiger partial charge in [0.05, 0.1) is 17.7 Å². The second-order valence-electron chi connectivity index (χ2n) is 3.03. The third-order valence-electron chi connectivity index (χ3n) is 1.94. The zero-order valence-corrected chi connectivity index (χ0v) is 8.28. The lowest BCUT2D eigenvalue weighted by atomic mass is 10.0. The smallest absolute Gasteiger partial charge is 0.336 e.